The number of morpholine rings is 1. The molecule has 3 heterocycles. The number of aryl methyl sites for hydroxylation is 1. The number of carbonyl (C=O) groups excluding carboxylic acids is 1. The molecule has 1 saturated heterocycles. The molecule has 1 aliphatic rings. The van der Waals surface area contributed by atoms with E-state index in [4.69, 9.17) is 4.74 Å². The lowest BCUT2D eigenvalue weighted by Crippen LogP contribution is -2.41. The number of fused-ring (bicyclic) bond motifs is 1. The largest absolute Gasteiger partial charge is 0.379 e. The lowest BCUT2D eigenvalue weighted by Gasteiger charge is -2.25. The average Bonchev–Trinajstić information content (AvgIpc) is 3.08. The van der Waals surface area contributed by atoms with Gasteiger partial charge in [-0.2, -0.15) is 0 Å². The van der Waals surface area contributed by atoms with Crippen LogP contribution in [0.3, 0.4) is 0 Å². The molecule has 2 aromatic heterocycles. The highest BCUT2D eigenvalue weighted by molar-refractivity contribution is 5.92. The summed E-state index contributed by atoms with van der Waals surface area (Å²) in [5.74, 6) is 0.170. The molecule has 4 rings (SSSR count). The first-order chi connectivity index (χ1) is 12.7. The van der Waals surface area contributed by atoms with E-state index in [-0.39, 0.29) is 5.91 Å². The normalized spacial score (nSPS) is 15.3. The Kier molecular flexibility index (Phi) is 4.55. The summed E-state index contributed by atoms with van der Waals surface area (Å²) in [5.41, 5.74) is 2.42. The molecule has 0 spiro atoms. The predicted octanol–water partition coefficient (Wildman–Crippen LogP) is 0.696. The number of carbonyl (C=O) groups is 1. The van der Waals surface area contributed by atoms with Crippen molar-refractivity contribution in [2.75, 3.05) is 38.2 Å². The number of aromatic nitrogens is 5. The Hall–Kier alpha value is -2.91. The van der Waals surface area contributed by atoms with Gasteiger partial charge in [-0.05, 0) is 6.07 Å². The summed E-state index contributed by atoms with van der Waals surface area (Å²) in [6.45, 7) is 3.14. The number of nitrogens with zero attached hydrogens (tertiary/aromatic N) is 6. The number of anilines is 1. The number of nitrogens with one attached hydrogen (secondary N) is 1. The van der Waals surface area contributed by atoms with E-state index < -0.39 is 0 Å². The van der Waals surface area contributed by atoms with Crippen molar-refractivity contribution in [3.63, 3.8) is 0 Å². The van der Waals surface area contributed by atoms with Crippen molar-refractivity contribution in [1.29, 1.82) is 0 Å². The maximum absolute atomic E-state index is 12.2. The summed E-state index contributed by atoms with van der Waals surface area (Å²) in [6.07, 6.45) is 3.54. The summed E-state index contributed by atoms with van der Waals surface area (Å²) >= 11 is 0. The van der Waals surface area contributed by atoms with Crippen molar-refractivity contribution in [2.24, 2.45) is 7.05 Å². The fourth-order valence-corrected chi connectivity index (χ4v) is 2.85. The second-order valence-corrected chi connectivity index (χ2v) is 6.18. The van der Waals surface area contributed by atoms with Crippen LogP contribution >= 0.6 is 0 Å². The first-order valence-electron chi connectivity index (χ1n) is 8.41. The van der Waals surface area contributed by atoms with Crippen molar-refractivity contribution in [1.82, 2.24) is 29.9 Å². The SMILES string of the molecule is Cn1cc(-c2ccc3cnc(NC(=O)CN4CCOCC4)nc3c2)nn1. The molecule has 0 atom stereocenters. The summed E-state index contributed by atoms with van der Waals surface area (Å²) < 4.78 is 6.94. The fraction of sp³-hybridized carbons (Fsp3) is 0.353. The Morgan fingerprint density at radius 1 is 1.31 bits per heavy atom. The number of rotatable bonds is 4. The van der Waals surface area contributed by atoms with Gasteiger partial charge < -0.3 is 4.74 Å². The van der Waals surface area contributed by atoms with E-state index >= 15 is 0 Å². The van der Waals surface area contributed by atoms with Crippen LogP contribution in [0.5, 0.6) is 0 Å². The third kappa shape index (κ3) is 3.68. The number of ether oxygens (including phenoxy) is 1. The van der Waals surface area contributed by atoms with Crippen LogP contribution in [-0.4, -0.2) is 68.6 Å². The Morgan fingerprint density at radius 2 is 2.15 bits per heavy atom. The molecule has 0 unspecified atom stereocenters. The van der Waals surface area contributed by atoms with Crippen LogP contribution < -0.4 is 5.32 Å². The van der Waals surface area contributed by atoms with Crippen LogP contribution in [-0.2, 0) is 16.6 Å². The number of amides is 1. The lowest BCUT2D eigenvalue weighted by atomic mass is 10.1. The molecule has 134 valence electrons. The minimum Gasteiger partial charge on any atom is -0.379 e. The summed E-state index contributed by atoms with van der Waals surface area (Å²) in [5, 5.41) is 11.7. The number of hydrogen-bond acceptors (Lipinski definition) is 7. The van der Waals surface area contributed by atoms with Crippen LogP contribution in [0.2, 0.25) is 0 Å². The van der Waals surface area contributed by atoms with E-state index in [0.29, 0.717) is 25.7 Å². The van der Waals surface area contributed by atoms with E-state index in [1.54, 1.807) is 10.9 Å². The van der Waals surface area contributed by atoms with E-state index in [9.17, 15) is 4.79 Å². The second kappa shape index (κ2) is 7.14. The highest BCUT2D eigenvalue weighted by Crippen LogP contribution is 2.21. The molecule has 1 amide bonds. The zero-order valence-electron chi connectivity index (χ0n) is 14.4. The zero-order valence-corrected chi connectivity index (χ0v) is 14.4. The van der Waals surface area contributed by atoms with Gasteiger partial charge in [-0.25, -0.2) is 9.97 Å². The first kappa shape index (κ1) is 16.6. The average molecular weight is 353 g/mol. The molecule has 0 saturated carbocycles. The van der Waals surface area contributed by atoms with Crippen molar-refractivity contribution >= 4 is 22.8 Å². The first-order valence-corrected chi connectivity index (χ1v) is 8.41. The summed E-state index contributed by atoms with van der Waals surface area (Å²) in [4.78, 5) is 22.9. The van der Waals surface area contributed by atoms with Gasteiger partial charge in [0.25, 0.3) is 0 Å². The van der Waals surface area contributed by atoms with E-state index in [2.05, 4.69) is 25.6 Å². The Labute approximate surface area is 150 Å². The molecule has 1 N–H and O–H groups in total. The molecule has 0 bridgehead atoms. The van der Waals surface area contributed by atoms with E-state index in [1.165, 1.54) is 0 Å². The molecule has 0 radical (unpaired) electrons. The zero-order chi connectivity index (χ0) is 17.9. The maximum Gasteiger partial charge on any atom is 0.240 e. The van der Waals surface area contributed by atoms with Gasteiger partial charge in [-0.15, -0.1) is 5.10 Å². The minimum absolute atomic E-state index is 0.128. The maximum atomic E-state index is 12.2. The monoisotopic (exact) mass is 353 g/mol. The van der Waals surface area contributed by atoms with Crippen molar-refractivity contribution < 1.29 is 9.53 Å². The highest BCUT2D eigenvalue weighted by atomic mass is 16.5. The van der Waals surface area contributed by atoms with Crippen LogP contribution in [0.4, 0.5) is 5.95 Å². The standard InChI is InChI=1S/C17H19N7O2/c1-23-10-15(21-22-23)12-2-3-13-9-18-17(19-14(13)8-12)20-16(25)11-24-4-6-26-7-5-24/h2-3,8-10H,4-7,11H2,1H3,(H,18,19,20,25). The molecule has 3 aromatic rings. The van der Waals surface area contributed by atoms with Gasteiger partial charge in [0.15, 0.2) is 0 Å². The molecule has 1 fully saturated rings. The van der Waals surface area contributed by atoms with Gasteiger partial charge in [0.2, 0.25) is 11.9 Å². The second-order valence-electron chi connectivity index (χ2n) is 6.18. The summed E-state index contributed by atoms with van der Waals surface area (Å²) in [7, 11) is 1.82. The smallest absolute Gasteiger partial charge is 0.240 e. The van der Waals surface area contributed by atoms with Crippen LogP contribution in [0.15, 0.2) is 30.6 Å². The van der Waals surface area contributed by atoms with Crippen molar-refractivity contribution in [3.05, 3.63) is 30.6 Å². The molecule has 1 aromatic carbocycles. The van der Waals surface area contributed by atoms with Crippen molar-refractivity contribution in [3.8, 4) is 11.3 Å². The molecule has 0 aliphatic carbocycles. The van der Waals surface area contributed by atoms with Crippen molar-refractivity contribution in [2.45, 2.75) is 0 Å². The third-order valence-electron chi connectivity index (χ3n) is 4.20. The quantitative estimate of drug-likeness (QED) is 0.737. The minimum atomic E-state index is -0.128. The molecule has 9 heteroatoms. The molecular weight excluding hydrogens is 334 g/mol. The van der Waals surface area contributed by atoms with E-state index in [0.717, 1.165) is 35.2 Å². The molecule has 1 aliphatic heterocycles. The molecule has 26 heavy (non-hydrogen) atoms. The van der Waals surface area contributed by atoms with Gasteiger partial charge in [-0.3, -0.25) is 19.7 Å². The number of hydrogen-bond donors (Lipinski definition) is 1. The number of benzene rings is 1. The van der Waals surface area contributed by atoms with Gasteiger partial charge in [0.05, 0.1) is 31.5 Å². The Bertz CT molecular complexity index is 934. The fourth-order valence-electron chi connectivity index (χ4n) is 2.85. The topological polar surface area (TPSA) is 98.1 Å². The van der Waals surface area contributed by atoms with Gasteiger partial charge in [-0.1, -0.05) is 17.3 Å². The van der Waals surface area contributed by atoms with Crippen LogP contribution in [0.25, 0.3) is 22.2 Å². The predicted molar refractivity (Wildman–Crippen MR) is 95.4 cm³/mol. The van der Waals surface area contributed by atoms with Gasteiger partial charge >= 0.3 is 0 Å². The van der Waals surface area contributed by atoms with Crippen LogP contribution in [0.1, 0.15) is 0 Å². The molecule has 9 nitrogen and oxygen atoms in total. The lowest BCUT2D eigenvalue weighted by molar-refractivity contribution is -0.118. The Balaban J connectivity index is 1.51. The highest BCUT2D eigenvalue weighted by Gasteiger charge is 2.15. The third-order valence-corrected chi connectivity index (χ3v) is 4.20. The van der Waals surface area contributed by atoms with E-state index in [1.807, 2.05) is 36.3 Å². The summed E-state index contributed by atoms with van der Waals surface area (Å²) in [6, 6.07) is 5.80. The molecular formula is C17H19N7O2. The Morgan fingerprint density at radius 3 is 2.92 bits per heavy atom. The van der Waals surface area contributed by atoms with Gasteiger partial charge in [0, 0.05) is 37.3 Å². The van der Waals surface area contributed by atoms with Crippen LogP contribution in [0, 0.1) is 0 Å². The van der Waals surface area contributed by atoms with Gasteiger partial charge in [0.1, 0.15) is 5.69 Å².